The monoisotopic (exact) mass is 272 g/mol. The number of rotatable bonds is 3. The van der Waals surface area contributed by atoms with Gasteiger partial charge in [0.1, 0.15) is 0 Å². The highest BCUT2D eigenvalue weighted by Gasteiger charge is 2.26. The van der Waals surface area contributed by atoms with Gasteiger partial charge < -0.3 is 10.2 Å². The number of halogens is 1. The summed E-state index contributed by atoms with van der Waals surface area (Å²) in [7, 11) is 1.73. The number of hydrogen-bond donors (Lipinski definition) is 1. The largest absolute Gasteiger partial charge is 0.357 e. The van der Waals surface area contributed by atoms with Crippen molar-refractivity contribution in [1.29, 1.82) is 0 Å². The van der Waals surface area contributed by atoms with E-state index in [4.69, 9.17) is 0 Å². The summed E-state index contributed by atoms with van der Waals surface area (Å²) in [5, 5.41) is 2.85. The van der Waals surface area contributed by atoms with Crippen molar-refractivity contribution in [2.45, 2.75) is 12.3 Å². The van der Waals surface area contributed by atoms with Gasteiger partial charge in [-0.3, -0.25) is 0 Å². The van der Waals surface area contributed by atoms with Crippen molar-refractivity contribution in [2.75, 3.05) is 30.4 Å². The van der Waals surface area contributed by atoms with Crippen molar-refractivity contribution >= 4 is 11.8 Å². The molecule has 0 radical (unpaired) electrons. The number of hydrogen-bond acceptors (Lipinski definition) is 4. The maximum Gasteiger partial charge on any atom is 0.224 e. The van der Waals surface area contributed by atoms with E-state index in [1.807, 2.05) is 23.1 Å². The van der Waals surface area contributed by atoms with Crippen molar-refractivity contribution in [3.05, 3.63) is 47.9 Å². The van der Waals surface area contributed by atoms with Gasteiger partial charge in [-0.15, -0.1) is 0 Å². The molecule has 2 heterocycles. The van der Waals surface area contributed by atoms with Crippen LogP contribution < -0.4 is 10.2 Å². The molecule has 1 aromatic carbocycles. The highest BCUT2D eigenvalue weighted by Crippen LogP contribution is 2.31. The summed E-state index contributed by atoms with van der Waals surface area (Å²) in [4.78, 5) is 10.1. The van der Waals surface area contributed by atoms with E-state index >= 15 is 0 Å². The second kappa shape index (κ2) is 5.45. The van der Waals surface area contributed by atoms with Crippen LogP contribution in [-0.4, -0.2) is 30.1 Å². The minimum absolute atomic E-state index is 0.363. The molecule has 1 saturated heterocycles. The molecule has 1 aromatic heterocycles. The first-order chi connectivity index (χ1) is 9.78. The van der Waals surface area contributed by atoms with Crippen LogP contribution in [0.15, 0.2) is 36.5 Å². The summed E-state index contributed by atoms with van der Waals surface area (Å²) in [6.45, 7) is 1.61. The molecule has 0 saturated carbocycles. The smallest absolute Gasteiger partial charge is 0.224 e. The SMILES string of the molecule is CNc1ncc(F)c(N2CCC(c3ccccc3)C2)n1. The molecule has 1 N–H and O–H groups in total. The number of aromatic nitrogens is 2. The Kier molecular flexibility index (Phi) is 3.50. The maximum absolute atomic E-state index is 13.9. The number of nitrogens with zero attached hydrogens (tertiary/aromatic N) is 3. The Hall–Kier alpha value is -2.17. The van der Waals surface area contributed by atoms with Gasteiger partial charge in [0.15, 0.2) is 11.6 Å². The van der Waals surface area contributed by atoms with Crippen LogP contribution in [0.4, 0.5) is 16.2 Å². The molecular formula is C15H17FN4. The minimum atomic E-state index is -0.363. The van der Waals surface area contributed by atoms with E-state index < -0.39 is 0 Å². The summed E-state index contributed by atoms with van der Waals surface area (Å²) >= 11 is 0. The molecule has 1 fully saturated rings. The van der Waals surface area contributed by atoms with Gasteiger partial charge in [0.25, 0.3) is 0 Å². The van der Waals surface area contributed by atoms with Crippen molar-refractivity contribution in [3.63, 3.8) is 0 Å². The number of nitrogens with one attached hydrogen (secondary N) is 1. The lowest BCUT2D eigenvalue weighted by atomic mass is 9.99. The fraction of sp³-hybridized carbons (Fsp3) is 0.333. The van der Waals surface area contributed by atoms with Gasteiger partial charge in [-0.25, -0.2) is 9.37 Å². The van der Waals surface area contributed by atoms with Gasteiger partial charge in [0.2, 0.25) is 5.95 Å². The van der Waals surface area contributed by atoms with Gasteiger partial charge in [-0.05, 0) is 12.0 Å². The van der Waals surface area contributed by atoms with Crippen LogP contribution in [0.3, 0.4) is 0 Å². The Morgan fingerprint density at radius 2 is 2.10 bits per heavy atom. The zero-order valence-electron chi connectivity index (χ0n) is 11.4. The Bertz CT molecular complexity index is 588. The fourth-order valence-electron chi connectivity index (χ4n) is 2.65. The molecule has 0 spiro atoms. The van der Waals surface area contributed by atoms with E-state index in [9.17, 15) is 4.39 Å². The predicted octanol–water partition coefficient (Wildman–Crippen LogP) is 2.65. The van der Waals surface area contributed by atoms with Crippen molar-refractivity contribution < 1.29 is 4.39 Å². The van der Waals surface area contributed by atoms with Gasteiger partial charge in [-0.2, -0.15) is 4.98 Å². The Morgan fingerprint density at radius 3 is 2.85 bits per heavy atom. The molecule has 0 bridgehead atoms. The molecule has 3 rings (SSSR count). The first kappa shape index (κ1) is 12.8. The summed E-state index contributed by atoms with van der Waals surface area (Å²) in [5.41, 5.74) is 1.30. The van der Waals surface area contributed by atoms with Crippen LogP contribution >= 0.6 is 0 Å². The molecule has 4 nitrogen and oxygen atoms in total. The third kappa shape index (κ3) is 2.43. The second-order valence-corrected chi connectivity index (χ2v) is 4.96. The minimum Gasteiger partial charge on any atom is -0.357 e. The predicted molar refractivity (Wildman–Crippen MR) is 77.5 cm³/mol. The Balaban J connectivity index is 1.80. The topological polar surface area (TPSA) is 41.1 Å². The summed E-state index contributed by atoms with van der Waals surface area (Å²) < 4.78 is 13.9. The van der Waals surface area contributed by atoms with Gasteiger partial charge in [0.05, 0.1) is 6.20 Å². The lowest BCUT2D eigenvalue weighted by molar-refractivity contribution is 0.608. The quantitative estimate of drug-likeness (QED) is 0.932. The number of benzene rings is 1. The lowest BCUT2D eigenvalue weighted by Gasteiger charge is -2.18. The molecular weight excluding hydrogens is 255 g/mol. The van der Waals surface area contributed by atoms with Crippen LogP contribution in [0, 0.1) is 5.82 Å². The van der Waals surface area contributed by atoms with Gasteiger partial charge in [0, 0.05) is 26.1 Å². The Labute approximate surface area is 117 Å². The van der Waals surface area contributed by atoms with Crippen molar-refractivity contribution in [2.24, 2.45) is 0 Å². The second-order valence-electron chi connectivity index (χ2n) is 4.96. The van der Waals surface area contributed by atoms with Gasteiger partial charge >= 0.3 is 0 Å². The first-order valence-electron chi connectivity index (χ1n) is 6.78. The highest BCUT2D eigenvalue weighted by atomic mass is 19.1. The third-order valence-electron chi connectivity index (χ3n) is 3.71. The fourth-order valence-corrected chi connectivity index (χ4v) is 2.65. The normalized spacial score (nSPS) is 18.3. The first-order valence-corrected chi connectivity index (χ1v) is 6.78. The lowest BCUT2D eigenvalue weighted by Crippen LogP contribution is -2.22. The summed E-state index contributed by atoms with van der Waals surface area (Å²) in [6.07, 6.45) is 2.24. The summed E-state index contributed by atoms with van der Waals surface area (Å²) in [5.74, 6) is 0.911. The van der Waals surface area contributed by atoms with Crippen molar-refractivity contribution in [3.8, 4) is 0 Å². The highest BCUT2D eigenvalue weighted by molar-refractivity contribution is 5.45. The van der Waals surface area contributed by atoms with E-state index in [1.165, 1.54) is 11.8 Å². The van der Waals surface area contributed by atoms with Crippen LogP contribution in [0.2, 0.25) is 0 Å². The summed E-state index contributed by atoms with van der Waals surface area (Å²) in [6, 6.07) is 10.4. The average molecular weight is 272 g/mol. The third-order valence-corrected chi connectivity index (χ3v) is 3.71. The van der Waals surface area contributed by atoms with Crippen molar-refractivity contribution in [1.82, 2.24) is 9.97 Å². The molecule has 1 atom stereocenters. The zero-order valence-corrected chi connectivity index (χ0v) is 11.4. The van der Waals surface area contributed by atoms with Crippen LogP contribution in [0.25, 0.3) is 0 Å². The molecule has 2 aromatic rings. The van der Waals surface area contributed by atoms with Crippen LogP contribution in [0.1, 0.15) is 17.9 Å². The molecule has 0 amide bonds. The standard InChI is InChI=1S/C15H17FN4/c1-17-15-18-9-13(16)14(19-15)20-8-7-12(10-20)11-5-3-2-4-6-11/h2-6,9,12H,7-8,10H2,1H3,(H,17,18,19). The van der Waals surface area contributed by atoms with E-state index in [2.05, 4.69) is 27.4 Å². The number of anilines is 2. The molecule has 1 unspecified atom stereocenters. The van der Waals surface area contributed by atoms with Gasteiger partial charge in [-0.1, -0.05) is 30.3 Å². The maximum atomic E-state index is 13.9. The molecule has 5 heteroatoms. The molecule has 1 aliphatic rings. The zero-order chi connectivity index (χ0) is 13.9. The molecule has 104 valence electrons. The molecule has 1 aliphatic heterocycles. The van der Waals surface area contributed by atoms with E-state index in [1.54, 1.807) is 7.05 Å². The molecule has 20 heavy (non-hydrogen) atoms. The van der Waals surface area contributed by atoms with E-state index in [0.717, 1.165) is 19.5 Å². The Morgan fingerprint density at radius 1 is 1.30 bits per heavy atom. The van der Waals surface area contributed by atoms with E-state index in [-0.39, 0.29) is 5.82 Å². The van der Waals surface area contributed by atoms with Crippen LogP contribution in [-0.2, 0) is 0 Å². The molecule has 0 aliphatic carbocycles. The van der Waals surface area contributed by atoms with Crippen LogP contribution in [0.5, 0.6) is 0 Å². The average Bonchev–Trinajstić information content (AvgIpc) is 2.98. The van der Waals surface area contributed by atoms with E-state index in [0.29, 0.717) is 17.7 Å².